The van der Waals surface area contributed by atoms with Crippen LogP contribution in [0.4, 0.5) is 0 Å². The Hall–Kier alpha value is -0.0400. The van der Waals surface area contributed by atoms with Crippen molar-refractivity contribution in [2.24, 2.45) is 10.8 Å². The molecule has 0 spiro atoms. The maximum atomic E-state index is 2.54. The predicted octanol–water partition coefficient (Wildman–Crippen LogP) is 3.93. The van der Waals surface area contributed by atoms with E-state index in [-0.39, 0.29) is 0 Å². The fraction of sp³-hybridized carbons (Fsp3) is 1.00. The molecule has 2 atom stereocenters. The van der Waals surface area contributed by atoms with Crippen LogP contribution in [0, 0.1) is 10.8 Å². The fourth-order valence-electron chi connectivity index (χ4n) is 2.84. The van der Waals surface area contributed by atoms with E-state index in [9.17, 15) is 0 Å². The summed E-state index contributed by atoms with van der Waals surface area (Å²) >= 11 is 0. The Kier molecular flexibility index (Phi) is 3.27. The molecule has 1 heteroatoms. The largest absolute Gasteiger partial charge is 0.300 e. The summed E-state index contributed by atoms with van der Waals surface area (Å²) in [6.07, 6.45) is 3.96. The molecule has 0 aromatic heterocycles. The molecule has 1 nitrogen and oxygen atoms in total. The second kappa shape index (κ2) is 3.76. The van der Waals surface area contributed by atoms with Gasteiger partial charge in [-0.1, -0.05) is 34.6 Å². The predicted molar refractivity (Wildman–Crippen MR) is 68.1 cm³/mol. The zero-order valence-electron chi connectivity index (χ0n) is 11.8. The van der Waals surface area contributed by atoms with Crippen LogP contribution in [0.2, 0.25) is 0 Å². The minimum absolute atomic E-state index is 0.426. The van der Waals surface area contributed by atoms with Crippen molar-refractivity contribution in [3.63, 3.8) is 0 Å². The van der Waals surface area contributed by atoms with E-state index in [1.165, 1.54) is 25.8 Å². The van der Waals surface area contributed by atoms with Gasteiger partial charge in [0.25, 0.3) is 0 Å². The van der Waals surface area contributed by atoms with Crippen molar-refractivity contribution in [2.75, 3.05) is 13.6 Å². The lowest BCUT2D eigenvalue weighted by Gasteiger charge is -2.64. The van der Waals surface area contributed by atoms with E-state index in [1.807, 2.05) is 0 Å². The summed E-state index contributed by atoms with van der Waals surface area (Å²) in [5.41, 5.74) is 1.43. The molecular formula is C14H29N. The van der Waals surface area contributed by atoms with Crippen LogP contribution in [-0.4, -0.2) is 24.0 Å². The minimum Gasteiger partial charge on any atom is -0.300 e. The van der Waals surface area contributed by atoms with Crippen LogP contribution in [0.25, 0.3) is 0 Å². The first-order chi connectivity index (χ1) is 6.65. The molecule has 15 heavy (non-hydrogen) atoms. The van der Waals surface area contributed by atoms with Crippen LogP contribution in [0.1, 0.15) is 60.8 Å². The molecule has 0 aromatic carbocycles. The first-order valence-electron chi connectivity index (χ1n) is 6.36. The van der Waals surface area contributed by atoms with Gasteiger partial charge in [-0.05, 0) is 44.1 Å². The van der Waals surface area contributed by atoms with Gasteiger partial charge in [-0.25, -0.2) is 0 Å². The van der Waals surface area contributed by atoms with Crippen molar-refractivity contribution in [2.45, 2.75) is 66.3 Å². The highest BCUT2D eigenvalue weighted by Gasteiger charge is 2.55. The maximum Gasteiger partial charge on any atom is 0.0244 e. The van der Waals surface area contributed by atoms with Gasteiger partial charge in [0.1, 0.15) is 0 Å². The van der Waals surface area contributed by atoms with E-state index in [0.717, 1.165) is 0 Å². The highest BCUT2D eigenvalue weighted by molar-refractivity contribution is 5.09. The quantitative estimate of drug-likeness (QED) is 0.683. The van der Waals surface area contributed by atoms with Crippen molar-refractivity contribution < 1.29 is 0 Å². The Bertz CT molecular complexity index is 228. The number of nitrogens with zero attached hydrogens (tertiary/aromatic N) is 1. The summed E-state index contributed by atoms with van der Waals surface area (Å²) in [5, 5.41) is 0. The van der Waals surface area contributed by atoms with Gasteiger partial charge < -0.3 is 0 Å². The number of hydrogen-bond donors (Lipinski definition) is 0. The summed E-state index contributed by atoms with van der Waals surface area (Å²) in [4.78, 5) is 2.54. The monoisotopic (exact) mass is 211 g/mol. The molecule has 0 bridgehead atoms. The Morgan fingerprint density at radius 3 is 2.07 bits per heavy atom. The molecule has 1 heterocycles. The van der Waals surface area contributed by atoms with Crippen molar-refractivity contribution in [3.8, 4) is 0 Å². The number of rotatable bonds is 3. The van der Waals surface area contributed by atoms with E-state index in [4.69, 9.17) is 0 Å². The average Bonchev–Trinajstić information content (AvgIpc) is 2.12. The third-order valence-electron chi connectivity index (χ3n) is 4.87. The van der Waals surface area contributed by atoms with Crippen molar-refractivity contribution >= 4 is 0 Å². The minimum atomic E-state index is 0.426. The van der Waals surface area contributed by atoms with Crippen LogP contribution in [-0.2, 0) is 0 Å². The molecule has 1 fully saturated rings. The third-order valence-corrected chi connectivity index (χ3v) is 4.87. The van der Waals surface area contributed by atoms with Crippen LogP contribution in [0.3, 0.4) is 0 Å². The molecule has 0 aromatic rings. The molecule has 90 valence electrons. The fourth-order valence-corrected chi connectivity index (χ4v) is 2.84. The molecule has 1 rings (SSSR count). The Balaban J connectivity index is 2.65. The first-order valence-corrected chi connectivity index (χ1v) is 6.36. The standard InChI is InChI=1S/C14H29N/c1-8-13(5)11-15(7)14(13,6)10-9-12(2,3)4/h8-11H2,1-7H3. The third kappa shape index (κ3) is 2.22. The molecule has 0 N–H and O–H groups in total. The molecule has 0 saturated carbocycles. The lowest BCUT2D eigenvalue weighted by atomic mass is 9.59. The maximum absolute atomic E-state index is 2.54. The van der Waals surface area contributed by atoms with Crippen LogP contribution in [0.5, 0.6) is 0 Å². The van der Waals surface area contributed by atoms with Crippen molar-refractivity contribution in [1.29, 1.82) is 0 Å². The molecule has 0 aliphatic carbocycles. The van der Waals surface area contributed by atoms with E-state index < -0.39 is 0 Å². The van der Waals surface area contributed by atoms with Gasteiger partial charge >= 0.3 is 0 Å². The number of likely N-dealkylation sites (tertiary alicyclic amines) is 1. The topological polar surface area (TPSA) is 3.24 Å². The van der Waals surface area contributed by atoms with E-state index in [1.54, 1.807) is 0 Å². The Labute approximate surface area is 96.2 Å². The second-order valence-electron chi connectivity index (χ2n) is 7.10. The van der Waals surface area contributed by atoms with Gasteiger partial charge in [0, 0.05) is 12.1 Å². The second-order valence-corrected chi connectivity index (χ2v) is 7.10. The summed E-state index contributed by atoms with van der Waals surface area (Å²) in [6.45, 7) is 15.5. The SMILES string of the molecule is CCC1(C)CN(C)C1(C)CCC(C)(C)C. The molecule has 0 radical (unpaired) electrons. The lowest BCUT2D eigenvalue weighted by Crippen LogP contribution is -2.70. The summed E-state index contributed by atoms with van der Waals surface area (Å²) in [7, 11) is 2.28. The highest BCUT2D eigenvalue weighted by atomic mass is 15.3. The van der Waals surface area contributed by atoms with Gasteiger partial charge in [-0.3, -0.25) is 4.90 Å². The highest BCUT2D eigenvalue weighted by Crippen LogP contribution is 2.51. The van der Waals surface area contributed by atoms with Crippen LogP contribution in [0.15, 0.2) is 0 Å². The zero-order valence-corrected chi connectivity index (χ0v) is 11.8. The smallest absolute Gasteiger partial charge is 0.0244 e. The Morgan fingerprint density at radius 2 is 1.73 bits per heavy atom. The molecule has 0 amide bonds. The van der Waals surface area contributed by atoms with E-state index >= 15 is 0 Å². The lowest BCUT2D eigenvalue weighted by molar-refractivity contribution is -0.133. The number of hydrogen-bond acceptors (Lipinski definition) is 1. The Morgan fingerprint density at radius 1 is 1.20 bits per heavy atom. The molecule has 1 aliphatic heterocycles. The van der Waals surface area contributed by atoms with E-state index in [2.05, 4.69) is 53.5 Å². The van der Waals surface area contributed by atoms with Gasteiger partial charge in [-0.15, -0.1) is 0 Å². The summed E-state index contributed by atoms with van der Waals surface area (Å²) in [5.74, 6) is 0. The normalized spacial score (nSPS) is 37.8. The zero-order chi connectivity index (χ0) is 11.9. The van der Waals surface area contributed by atoms with Gasteiger partial charge in [0.2, 0.25) is 0 Å². The molecule has 1 saturated heterocycles. The average molecular weight is 211 g/mol. The van der Waals surface area contributed by atoms with Crippen molar-refractivity contribution in [1.82, 2.24) is 4.90 Å². The summed E-state index contributed by atoms with van der Waals surface area (Å²) in [6, 6.07) is 0. The van der Waals surface area contributed by atoms with E-state index in [0.29, 0.717) is 16.4 Å². The summed E-state index contributed by atoms with van der Waals surface area (Å²) < 4.78 is 0. The van der Waals surface area contributed by atoms with Gasteiger partial charge in [0.05, 0.1) is 0 Å². The van der Waals surface area contributed by atoms with Crippen LogP contribution >= 0.6 is 0 Å². The van der Waals surface area contributed by atoms with Gasteiger partial charge in [-0.2, -0.15) is 0 Å². The van der Waals surface area contributed by atoms with Crippen LogP contribution < -0.4 is 0 Å². The molecule has 2 unspecified atom stereocenters. The molecular weight excluding hydrogens is 182 g/mol. The van der Waals surface area contributed by atoms with Crippen molar-refractivity contribution in [3.05, 3.63) is 0 Å². The first kappa shape index (κ1) is 13.0. The van der Waals surface area contributed by atoms with Gasteiger partial charge in [0.15, 0.2) is 0 Å². The molecule has 1 aliphatic rings.